The molecule has 0 atom stereocenters. The van der Waals surface area contributed by atoms with Gasteiger partial charge in [0, 0.05) is 0 Å². The highest BCUT2D eigenvalue weighted by Crippen LogP contribution is 2.10. The Balaban J connectivity index is 0. The van der Waals surface area contributed by atoms with Crippen LogP contribution in [0, 0.1) is 0 Å². The zero-order valence-electron chi connectivity index (χ0n) is 7.89. The molecule has 3 heteroatoms. The van der Waals surface area contributed by atoms with E-state index in [0.717, 1.165) is 0 Å². The van der Waals surface area contributed by atoms with E-state index in [2.05, 4.69) is 46.0 Å². The molecule has 0 aliphatic rings. The summed E-state index contributed by atoms with van der Waals surface area (Å²) in [4.78, 5) is 0. The smallest absolute Gasteiger partial charge is 0.139 e. The first kappa shape index (κ1) is 13.8. The van der Waals surface area contributed by atoms with Crippen LogP contribution in [0.5, 0.6) is 0 Å². The topological polar surface area (TPSA) is 63.0 Å². The molecule has 1 aromatic carbocycles. The third-order valence-corrected chi connectivity index (χ3v) is 1.74. The van der Waals surface area contributed by atoms with Crippen LogP contribution in [0.4, 0.5) is 0 Å². The molecule has 0 fully saturated rings. The molecule has 4 N–H and O–H groups in total. The summed E-state index contributed by atoms with van der Waals surface area (Å²) in [5, 5.41) is 0. The molecule has 0 heterocycles. The lowest BCUT2D eigenvalue weighted by Crippen LogP contribution is -2.00. The predicted octanol–water partition coefficient (Wildman–Crippen LogP) is -0.581. The standard InChI is InChI=1S/C9H13B.2H2O/c1-7(2)8-3-5-9(10)6-4-8;;/h3-7H,10H2,1-2H3;2*1H2. The van der Waals surface area contributed by atoms with Gasteiger partial charge in [-0.1, -0.05) is 43.6 Å². The second-order valence-corrected chi connectivity index (χ2v) is 3.07. The highest BCUT2D eigenvalue weighted by atomic mass is 16.0. The Hall–Kier alpha value is -0.795. The van der Waals surface area contributed by atoms with Gasteiger partial charge in [0.1, 0.15) is 7.85 Å². The minimum Gasteiger partial charge on any atom is -0.412 e. The van der Waals surface area contributed by atoms with E-state index in [1.165, 1.54) is 11.0 Å². The third-order valence-electron chi connectivity index (χ3n) is 1.74. The fraction of sp³-hybridized carbons (Fsp3) is 0.333. The van der Waals surface area contributed by atoms with Crippen LogP contribution in [0.3, 0.4) is 0 Å². The monoisotopic (exact) mass is 168 g/mol. The molecule has 0 radical (unpaired) electrons. The first-order chi connectivity index (χ1) is 4.70. The lowest BCUT2D eigenvalue weighted by molar-refractivity contribution is 0.823. The van der Waals surface area contributed by atoms with Crippen LogP contribution in [-0.2, 0) is 0 Å². The second-order valence-electron chi connectivity index (χ2n) is 3.07. The molecule has 2 nitrogen and oxygen atoms in total. The van der Waals surface area contributed by atoms with Crippen molar-refractivity contribution in [3.05, 3.63) is 29.8 Å². The van der Waals surface area contributed by atoms with Crippen molar-refractivity contribution in [2.24, 2.45) is 0 Å². The molecule has 0 amide bonds. The van der Waals surface area contributed by atoms with Crippen LogP contribution in [0.25, 0.3) is 0 Å². The van der Waals surface area contributed by atoms with Crippen molar-refractivity contribution >= 4 is 13.3 Å². The quantitative estimate of drug-likeness (QED) is 0.503. The van der Waals surface area contributed by atoms with Crippen molar-refractivity contribution in [2.75, 3.05) is 0 Å². The Morgan fingerprint density at radius 1 is 1.00 bits per heavy atom. The lowest BCUT2D eigenvalue weighted by atomic mass is 9.93. The Kier molecular flexibility index (Phi) is 6.66. The molecular weight excluding hydrogens is 151 g/mol. The number of hydrogen-bond donors (Lipinski definition) is 0. The first-order valence-corrected chi connectivity index (χ1v) is 3.76. The summed E-state index contributed by atoms with van der Waals surface area (Å²) in [6, 6.07) is 8.71. The van der Waals surface area contributed by atoms with E-state index in [4.69, 9.17) is 0 Å². The van der Waals surface area contributed by atoms with Gasteiger partial charge in [-0.15, -0.1) is 0 Å². The maximum absolute atomic E-state index is 2.21. The molecule has 0 aliphatic carbocycles. The van der Waals surface area contributed by atoms with Gasteiger partial charge >= 0.3 is 0 Å². The van der Waals surface area contributed by atoms with Gasteiger partial charge in [-0.05, 0) is 11.5 Å². The Morgan fingerprint density at radius 3 is 1.75 bits per heavy atom. The molecule has 0 saturated heterocycles. The van der Waals surface area contributed by atoms with Gasteiger partial charge in [-0.25, -0.2) is 0 Å². The van der Waals surface area contributed by atoms with E-state index in [9.17, 15) is 0 Å². The van der Waals surface area contributed by atoms with Crippen molar-refractivity contribution in [1.29, 1.82) is 0 Å². The normalized spacial score (nSPS) is 8.58. The second kappa shape index (κ2) is 5.80. The van der Waals surface area contributed by atoms with Gasteiger partial charge in [0.15, 0.2) is 0 Å². The molecule has 0 aromatic heterocycles. The summed E-state index contributed by atoms with van der Waals surface area (Å²) in [7, 11) is 2.12. The van der Waals surface area contributed by atoms with E-state index in [-0.39, 0.29) is 11.0 Å². The fourth-order valence-corrected chi connectivity index (χ4v) is 0.951. The van der Waals surface area contributed by atoms with Gasteiger partial charge in [0.2, 0.25) is 0 Å². The first-order valence-electron chi connectivity index (χ1n) is 3.76. The fourth-order valence-electron chi connectivity index (χ4n) is 0.951. The zero-order valence-corrected chi connectivity index (χ0v) is 7.89. The van der Waals surface area contributed by atoms with Crippen LogP contribution in [0.15, 0.2) is 24.3 Å². The Labute approximate surface area is 74.6 Å². The maximum Gasteiger partial charge on any atom is 0.139 e. The number of hydrogen-bond acceptors (Lipinski definition) is 0. The number of rotatable bonds is 1. The average molecular weight is 168 g/mol. The van der Waals surface area contributed by atoms with Crippen LogP contribution in [0.2, 0.25) is 0 Å². The largest absolute Gasteiger partial charge is 0.412 e. The van der Waals surface area contributed by atoms with Crippen molar-refractivity contribution < 1.29 is 11.0 Å². The van der Waals surface area contributed by atoms with Gasteiger partial charge in [-0.3, -0.25) is 0 Å². The van der Waals surface area contributed by atoms with Crippen molar-refractivity contribution in [3.8, 4) is 0 Å². The van der Waals surface area contributed by atoms with E-state index >= 15 is 0 Å². The molecule has 0 bridgehead atoms. The Bertz CT molecular complexity index is 206. The summed E-state index contributed by atoms with van der Waals surface area (Å²) in [5.41, 5.74) is 2.76. The Morgan fingerprint density at radius 2 is 1.42 bits per heavy atom. The molecular formula is C9H17BO2. The van der Waals surface area contributed by atoms with E-state index in [1.54, 1.807) is 0 Å². The van der Waals surface area contributed by atoms with Crippen LogP contribution in [0.1, 0.15) is 25.3 Å². The van der Waals surface area contributed by atoms with Gasteiger partial charge in [-0.2, -0.15) is 0 Å². The van der Waals surface area contributed by atoms with Gasteiger partial charge < -0.3 is 11.0 Å². The average Bonchev–Trinajstić information content (AvgIpc) is 1.88. The third kappa shape index (κ3) is 3.55. The molecule has 1 aromatic rings. The molecule has 0 unspecified atom stereocenters. The van der Waals surface area contributed by atoms with E-state index < -0.39 is 0 Å². The van der Waals surface area contributed by atoms with Crippen LogP contribution < -0.4 is 5.46 Å². The van der Waals surface area contributed by atoms with Gasteiger partial charge in [0.25, 0.3) is 0 Å². The minimum absolute atomic E-state index is 0. The highest BCUT2D eigenvalue weighted by Gasteiger charge is 1.95. The predicted molar refractivity (Wildman–Crippen MR) is 55.9 cm³/mol. The summed E-state index contributed by atoms with van der Waals surface area (Å²) in [6.45, 7) is 4.43. The lowest BCUT2D eigenvalue weighted by Gasteiger charge is -2.03. The summed E-state index contributed by atoms with van der Waals surface area (Å²) in [5.74, 6) is 0.653. The maximum atomic E-state index is 2.21. The summed E-state index contributed by atoms with van der Waals surface area (Å²) in [6.07, 6.45) is 0. The van der Waals surface area contributed by atoms with E-state index in [0.29, 0.717) is 5.92 Å². The summed E-state index contributed by atoms with van der Waals surface area (Å²) >= 11 is 0. The molecule has 1 rings (SSSR count). The van der Waals surface area contributed by atoms with Crippen LogP contribution >= 0.6 is 0 Å². The van der Waals surface area contributed by atoms with Crippen molar-refractivity contribution in [2.45, 2.75) is 19.8 Å². The highest BCUT2D eigenvalue weighted by molar-refractivity contribution is 6.32. The molecule has 0 aliphatic heterocycles. The van der Waals surface area contributed by atoms with Crippen molar-refractivity contribution in [1.82, 2.24) is 0 Å². The summed E-state index contributed by atoms with van der Waals surface area (Å²) < 4.78 is 0. The van der Waals surface area contributed by atoms with Crippen LogP contribution in [-0.4, -0.2) is 18.8 Å². The van der Waals surface area contributed by atoms with E-state index in [1.807, 2.05) is 0 Å². The molecule has 0 saturated carbocycles. The molecule has 12 heavy (non-hydrogen) atoms. The molecule has 0 spiro atoms. The minimum atomic E-state index is 0. The SMILES string of the molecule is Bc1ccc(C(C)C)cc1.O.O. The number of benzene rings is 1. The zero-order chi connectivity index (χ0) is 7.56. The van der Waals surface area contributed by atoms with Gasteiger partial charge in [0.05, 0.1) is 0 Å². The van der Waals surface area contributed by atoms with Crippen molar-refractivity contribution in [3.63, 3.8) is 0 Å². The molecule has 68 valence electrons.